The smallest absolute Gasteiger partial charge is 0.227 e. The highest BCUT2D eigenvalue weighted by molar-refractivity contribution is 7.20. The summed E-state index contributed by atoms with van der Waals surface area (Å²) in [5.74, 6) is -71.3. The first-order chi connectivity index (χ1) is 35.0. The molecular weight excluding hydrogens is 1030 g/mol. The Morgan fingerprint density at radius 3 is 1.04 bits per heavy atom. The molecule has 9 rings (SSSR count). The van der Waals surface area contributed by atoms with Crippen molar-refractivity contribution in [3.63, 3.8) is 0 Å². The van der Waals surface area contributed by atoms with Crippen LogP contribution in [0.3, 0.4) is 0 Å². The molecular formula is C51H20BF20NO. The topological polar surface area (TPSA) is 20.9 Å². The number of carbonyl (C=O) groups excluding carboxylic acids is 1. The van der Waals surface area contributed by atoms with E-state index in [2.05, 4.69) is 60.7 Å². The Bertz CT molecular complexity index is 3420. The zero-order valence-corrected chi connectivity index (χ0v) is 36.1. The van der Waals surface area contributed by atoms with Gasteiger partial charge in [0.05, 0.1) is 5.56 Å². The van der Waals surface area contributed by atoms with Crippen LogP contribution in [0.25, 0.3) is 32.8 Å². The van der Waals surface area contributed by atoms with Gasteiger partial charge in [-0.05, 0) is 33.7 Å². The molecule has 74 heavy (non-hydrogen) atoms. The van der Waals surface area contributed by atoms with Gasteiger partial charge in [0.25, 0.3) is 0 Å². The summed E-state index contributed by atoms with van der Waals surface area (Å²) in [7, 11) is 0. The van der Waals surface area contributed by atoms with E-state index in [4.69, 9.17) is 0 Å². The fraction of sp³-hybridized carbons (Fsp3) is 0.0196. The van der Waals surface area contributed by atoms with Crippen LogP contribution in [0.15, 0.2) is 109 Å². The van der Waals surface area contributed by atoms with Crippen LogP contribution in [0.2, 0.25) is 0 Å². The van der Waals surface area contributed by atoms with Crippen molar-refractivity contribution in [1.82, 2.24) is 0 Å². The van der Waals surface area contributed by atoms with Crippen LogP contribution >= 0.6 is 0 Å². The van der Waals surface area contributed by atoms with Gasteiger partial charge in [0.2, 0.25) is 18.0 Å². The molecule has 0 fully saturated rings. The molecule has 1 aromatic heterocycles. The number of halogens is 20. The van der Waals surface area contributed by atoms with Crippen LogP contribution in [0.5, 0.6) is 0 Å². The Labute approximate surface area is 400 Å². The largest absolute Gasteiger partial charge is 0.287 e. The third-order valence-electron chi connectivity index (χ3n) is 12.1. The minimum atomic E-state index is -7.22. The Morgan fingerprint density at radius 1 is 0.338 bits per heavy atom. The molecule has 0 unspecified atom stereocenters. The second kappa shape index (κ2) is 19.6. The molecule has 23 heteroatoms. The summed E-state index contributed by atoms with van der Waals surface area (Å²) in [6.07, 6.45) is -5.23. The summed E-state index contributed by atoms with van der Waals surface area (Å²) in [6, 6.07) is 34.8. The molecule has 0 radical (unpaired) electrons. The van der Waals surface area contributed by atoms with E-state index in [0.717, 1.165) is 16.8 Å². The summed E-state index contributed by atoms with van der Waals surface area (Å²) < 4.78 is 296. The van der Waals surface area contributed by atoms with Gasteiger partial charge in [0, 0.05) is 17.7 Å². The number of hydrogen-bond acceptors (Lipinski definition) is 1. The molecule has 0 atom stereocenters. The fourth-order valence-electron chi connectivity index (χ4n) is 8.87. The fourth-order valence-corrected chi connectivity index (χ4v) is 8.87. The molecule has 0 spiro atoms. The molecule has 9 aromatic rings. The highest BCUT2D eigenvalue weighted by Gasteiger charge is 2.52. The Balaban J connectivity index is 0.000000215. The molecule has 0 N–H and O–H groups in total. The average molecular weight is 1050 g/mol. The maximum absolute atomic E-state index is 15.4. The lowest BCUT2D eigenvalue weighted by Gasteiger charge is -2.44. The van der Waals surface area contributed by atoms with Gasteiger partial charge < -0.3 is 0 Å². The van der Waals surface area contributed by atoms with Crippen molar-refractivity contribution in [3.05, 3.63) is 231 Å². The van der Waals surface area contributed by atoms with Crippen molar-refractivity contribution in [2.45, 2.75) is 6.54 Å². The normalized spacial score (nSPS) is 11.6. The van der Waals surface area contributed by atoms with Gasteiger partial charge in [-0.25, -0.2) is 87.8 Å². The molecule has 0 amide bonds. The molecule has 1 heterocycles. The van der Waals surface area contributed by atoms with E-state index < -0.39 is 144 Å². The number of rotatable bonds is 8. The van der Waals surface area contributed by atoms with E-state index in [-0.39, 0.29) is 5.78 Å². The number of nitrogens with zero attached hydrogens (tertiary/aromatic N) is 1. The Kier molecular flexibility index (Phi) is 13.8. The molecule has 8 aromatic carbocycles. The quantitative estimate of drug-likeness (QED) is 0.0283. The molecule has 2 nitrogen and oxygen atoms in total. The third kappa shape index (κ3) is 8.04. The van der Waals surface area contributed by atoms with Gasteiger partial charge in [0.15, 0.2) is 76.0 Å². The second-order valence-corrected chi connectivity index (χ2v) is 16.0. The van der Waals surface area contributed by atoms with E-state index >= 15 is 35.1 Å². The minimum Gasteiger partial charge on any atom is -0.287 e. The number of benzene rings is 8. The van der Waals surface area contributed by atoms with Gasteiger partial charge >= 0.3 is 0 Å². The molecule has 0 aliphatic heterocycles. The lowest BCUT2D eigenvalue weighted by molar-refractivity contribution is -0.672. The minimum absolute atomic E-state index is 0.105. The molecule has 378 valence electrons. The van der Waals surface area contributed by atoms with Crippen LogP contribution in [-0.2, 0) is 6.54 Å². The van der Waals surface area contributed by atoms with Crippen LogP contribution in [0.4, 0.5) is 87.8 Å². The summed E-state index contributed by atoms with van der Waals surface area (Å²) in [5, 5.41) is 4.87. The van der Waals surface area contributed by atoms with Crippen molar-refractivity contribution in [1.29, 1.82) is 0 Å². The summed E-state index contributed by atoms with van der Waals surface area (Å²) in [6.45, 7) is 0.307. The van der Waals surface area contributed by atoms with Gasteiger partial charge in [-0.3, -0.25) is 4.79 Å². The zero-order valence-electron chi connectivity index (χ0n) is 36.1. The first-order valence-corrected chi connectivity index (χ1v) is 20.7. The number of Topliss-reactive ketones (excluding diaryl/α,β-unsaturated/α-hetero) is 1. The lowest BCUT2D eigenvalue weighted by Crippen LogP contribution is -2.81. The van der Waals surface area contributed by atoms with Crippen molar-refractivity contribution in [3.8, 4) is 11.3 Å². The number of carbonyl (C=O) groups is 1. The van der Waals surface area contributed by atoms with E-state index in [1.165, 1.54) is 21.5 Å². The number of pyridine rings is 1. The molecule has 0 saturated heterocycles. The lowest BCUT2D eigenvalue weighted by atomic mass is 9.12. The van der Waals surface area contributed by atoms with Crippen LogP contribution < -0.4 is 26.4 Å². The van der Waals surface area contributed by atoms with Crippen molar-refractivity contribution < 1.29 is 97.2 Å². The predicted octanol–water partition coefficient (Wildman–Crippen LogP) is 11.7. The maximum Gasteiger partial charge on any atom is 0.227 e. The van der Waals surface area contributed by atoms with Gasteiger partial charge in [-0.15, -0.1) is 21.9 Å². The van der Waals surface area contributed by atoms with E-state index in [1.54, 1.807) is 0 Å². The van der Waals surface area contributed by atoms with Crippen LogP contribution in [0.1, 0.15) is 10.4 Å². The van der Waals surface area contributed by atoms with E-state index in [1.807, 2.05) is 53.2 Å². The van der Waals surface area contributed by atoms with Crippen LogP contribution in [-0.4, -0.2) is 11.9 Å². The van der Waals surface area contributed by atoms with Crippen molar-refractivity contribution >= 4 is 55.3 Å². The van der Waals surface area contributed by atoms with Gasteiger partial charge in [0.1, 0.15) is 52.7 Å². The highest BCUT2D eigenvalue weighted by atomic mass is 19.2. The predicted molar refractivity (Wildman–Crippen MR) is 227 cm³/mol. The van der Waals surface area contributed by atoms with Crippen molar-refractivity contribution in [2.24, 2.45) is 0 Å². The molecule has 0 aliphatic carbocycles. The SMILES string of the molecule is Fc1c(F)c(F)c([B-](c2c(F)c(F)c(F)c(F)c2F)(c2c(F)c(F)c(F)c(F)c2F)c2c(F)c(F)c(F)c(F)c2F)c(F)c1F.O=C(C[n+]1ccccc1-c1cc2ccccc2c2ccccc12)c1ccccc1. The Hall–Kier alpha value is -8.24. The molecule has 0 saturated carbocycles. The first kappa shape index (κ1) is 52.1. The van der Waals surface area contributed by atoms with Crippen LogP contribution in [0, 0.1) is 116 Å². The monoisotopic (exact) mass is 1050 g/mol. The van der Waals surface area contributed by atoms with E-state index in [0.29, 0.717) is 6.54 Å². The molecule has 0 aliphatic rings. The van der Waals surface area contributed by atoms with Crippen molar-refractivity contribution in [2.75, 3.05) is 0 Å². The number of aromatic nitrogens is 1. The van der Waals surface area contributed by atoms with Gasteiger partial charge in [-0.1, -0.05) is 78.9 Å². The summed E-state index contributed by atoms with van der Waals surface area (Å²) in [5.41, 5.74) is -11.4. The second-order valence-electron chi connectivity index (χ2n) is 16.0. The highest BCUT2D eigenvalue weighted by Crippen LogP contribution is 2.35. The maximum atomic E-state index is 15.4. The average Bonchev–Trinajstić information content (AvgIpc) is 3.41. The first-order valence-electron chi connectivity index (χ1n) is 20.7. The third-order valence-corrected chi connectivity index (χ3v) is 12.1. The number of fused-ring (bicyclic) bond motifs is 3. The summed E-state index contributed by atoms with van der Waals surface area (Å²) in [4.78, 5) is 12.9. The zero-order chi connectivity index (χ0) is 54.0. The standard InChI is InChI=1S/C27H20NO.C24BF20/c29-27(20-10-2-1-3-11-20)19-28-17-9-8-16-26(28)25-18-21-12-4-5-13-22(21)23-14-6-7-15-24(23)25;26-5-1(6(27)14(35)21(42)13(5)34)25(2-7(28)15(36)22(43)16(37)8(2)29,3-9(30)17(38)23(44)18(39)10(3)31)4-11(32)19(40)24(45)20(41)12(4)33/h1-18H,19H2;/q+1;-1. The molecule has 0 bridgehead atoms. The van der Waals surface area contributed by atoms with E-state index in [9.17, 15) is 57.5 Å². The number of ketones is 1. The number of hydrogen-bond donors (Lipinski definition) is 0. The van der Waals surface area contributed by atoms with Gasteiger partial charge in [-0.2, -0.15) is 4.57 Å². The Morgan fingerprint density at radius 2 is 0.649 bits per heavy atom. The summed E-state index contributed by atoms with van der Waals surface area (Å²) >= 11 is 0.